The monoisotopic (exact) mass is 623 g/mol. The lowest BCUT2D eigenvalue weighted by Gasteiger charge is -2.22. The number of sulfone groups is 1. The van der Waals surface area contributed by atoms with Crippen LogP contribution in [-0.4, -0.2) is 34.3 Å². The summed E-state index contributed by atoms with van der Waals surface area (Å²) in [4.78, 5) is 7.59. The van der Waals surface area contributed by atoms with Gasteiger partial charge in [-0.05, 0) is 61.2 Å². The van der Waals surface area contributed by atoms with E-state index in [1.165, 1.54) is 30.6 Å². The van der Waals surface area contributed by atoms with Gasteiger partial charge in [-0.2, -0.15) is 13.2 Å². The lowest BCUT2D eigenvalue weighted by atomic mass is 9.88. The van der Waals surface area contributed by atoms with Crippen LogP contribution in [-0.2, 0) is 22.6 Å². The Morgan fingerprint density at radius 1 is 1.02 bits per heavy atom. The number of rotatable bonds is 6. The van der Waals surface area contributed by atoms with Gasteiger partial charge < -0.3 is 14.1 Å². The molecule has 4 aromatic rings. The van der Waals surface area contributed by atoms with E-state index in [4.69, 9.17) is 4.42 Å². The van der Waals surface area contributed by atoms with Crippen molar-refractivity contribution in [3.8, 4) is 11.3 Å². The molecule has 0 atom stereocenters. The molecule has 1 N–H and O–H groups in total. The first kappa shape index (κ1) is 30.3. The van der Waals surface area contributed by atoms with Gasteiger partial charge in [-0.15, -0.1) is 0 Å². The van der Waals surface area contributed by atoms with Crippen LogP contribution in [0.15, 0.2) is 51.9 Å². The Kier molecular flexibility index (Phi) is 7.63. The first-order valence-electron chi connectivity index (χ1n) is 12.7. The summed E-state index contributed by atoms with van der Waals surface area (Å²) in [7, 11) is -3.97. The van der Waals surface area contributed by atoms with E-state index in [2.05, 4.69) is 9.97 Å². The van der Waals surface area contributed by atoms with Crippen molar-refractivity contribution in [3.63, 3.8) is 0 Å². The number of benzene rings is 2. The first-order chi connectivity index (χ1) is 20.1. The SMILES string of the molecule is Cc1nc(C2=C(n3cc(C(F)(F)F)nc3C)CCC(c3cc(F)c(CO)c(S(C)(=O)=O)c3)=C2)c(-c2ccc(F)cc2F)o1. The highest BCUT2D eigenvalue weighted by Gasteiger charge is 2.35. The van der Waals surface area contributed by atoms with Crippen LogP contribution in [0, 0.1) is 31.3 Å². The van der Waals surface area contributed by atoms with Gasteiger partial charge in [0.05, 0.1) is 17.1 Å². The Labute approximate surface area is 241 Å². The fourth-order valence-corrected chi connectivity index (χ4v) is 5.98. The Bertz CT molecular complexity index is 1940. The fourth-order valence-electron chi connectivity index (χ4n) is 5.03. The third-order valence-corrected chi connectivity index (χ3v) is 8.14. The Hall–Kier alpha value is -4.17. The summed E-state index contributed by atoms with van der Waals surface area (Å²) in [6.07, 6.45) is -1.42. The molecule has 2 aromatic carbocycles. The van der Waals surface area contributed by atoms with E-state index in [0.29, 0.717) is 11.6 Å². The summed E-state index contributed by atoms with van der Waals surface area (Å²) in [5, 5.41) is 9.59. The van der Waals surface area contributed by atoms with Crippen molar-refractivity contribution in [2.75, 3.05) is 6.26 Å². The molecule has 1 aliphatic rings. The molecule has 7 nitrogen and oxygen atoms in total. The van der Waals surface area contributed by atoms with E-state index in [-0.39, 0.29) is 58.4 Å². The molecule has 5 rings (SSSR count). The second-order valence-electron chi connectivity index (χ2n) is 9.97. The molecule has 43 heavy (non-hydrogen) atoms. The minimum atomic E-state index is -4.74. The number of halogens is 6. The van der Waals surface area contributed by atoms with Crippen LogP contribution >= 0.6 is 0 Å². The van der Waals surface area contributed by atoms with Crippen molar-refractivity contribution < 1.29 is 44.3 Å². The summed E-state index contributed by atoms with van der Waals surface area (Å²) < 4.78 is 116. The van der Waals surface area contributed by atoms with E-state index >= 15 is 4.39 Å². The number of alkyl halides is 3. The van der Waals surface area contributed by atoms with Crippen LogP contribution < -0.4 is 0 Å². The van der Waals surface area contributed by atoms with Gasteiger partial charge in [-0.3, -0.25) is 0 Å². The first-order valence-corrected chi connectivity index (χ1v) is 14.6. The largest absolute Gasteiger partial charge is 0.440 e. The number of hydrogen-bond donors (Lipinski definition) is 1. The number of aromatic nitrogens is 3. The predicted molar refractivity (Wildman–Crippen MR) is 144 cm³/mol. The van der Waals surface area contributed by atoms with Crippen molar-refractivity contribution in [1.82, 2.24) is 14.5 Å². The molecule has 2 aromatic heterocycles. The zero-order valence-corrected chi connectivity index (χ0v) is 23.7. The molecule has 226 valence electrons. The Balaban J connectivity index is 1.80. The predicted octanol–water partition coefficient (Wildman–Crippen LogP) is 6.73. The smallest absolute Gasteiger partial charge is 0.434 e. The molecule has 2 heterocycles. The summed E-state index contributed by atoms with van der Waals surface area (Å²) in [5.41, 5.74) is -0.753. The average molecular weight is 624 g/mol. The molecule has 0 aliphatic heterocycles. The van der Waals surface area contributed by atoms with Gasteiger partial charge in [-0.1, -0.05) is 0 Å². The highest BCUT2D eigenvalue weighted by molar-refractivity contribution is 7.90. The van der Waals surface area contributed by atoms with Crippen LogP contribution in [0.25, 0.3) is 28.2 Å². The average Bonchev–Trinajstić information content (AvgIpc) is 3.49. The molecule has 0 spiro atoms. The molecule has 14 heteroatoms. The van der Waals surface area contributed by atoms with Gasteiger partial charge in [0.1, 0.15) is 29.0 Å². The topological polar surface area (TPSA) is 98.2 Å². The van der Waals surface area contributed by atoms with Gasteiger partial charge in [0.2, 0.25) is 0 Å². The second kappa shape index (κ2) is 10.8. The number of hydrogen-bond acceptors (Lipinski definition) is 6. The normalized spacial score (nSPS) is 14.4. The zero-order chi connectivity index (χ0) is 31.4. The molecular weight excluding hydrogens is 600 g/mol. The Morgan fingerprint density at radius 2 is 1.74 bits per heavy atom. The maximum atomic E-state index is 15.0. The van der Waals surface area contributed by atoms with Crippen molar-refractivity contribution in [2.24, 2.45) is 0 Å². The number of allylic oxidation sites excluding steroid dienone is 4. The molecule has 0 saturated heterocycles. The summed E-state index contributed by atoms with van der Waals surface area (Å²) in [6.45, 7) is 1.97. The molecule has 0 saturated carbocycles. The third-order valence-electron chi connectivity index (χ3n) is 6.97. The molecule has 0 amide bonds. The van der Waals surface area contributed by atoms with Crippen LogP contribution in [0.2, 0.25) is 0 Å². The van der Waals surface area contributed by atoms with Crippen molar-refractivity contribution in [1.29, 1.82) is 0 Å². The number of nitrogens with zero attached hydrogens (tertiary/aromatic N) is 3. The lowest BCUT2D eigenvalue weighted by molar-refractivity contribution is -0.141. The van der Waals surface area contributed by atoms with E-state index < -0.39 is 56.2 Å². The van der Waals surface area contributed by atoms with Gasteiger partial charge >= 0.3 is 6.18 Å². The molecular formula is C29H23F6N3O4S. The minimum absolute atomic E-state index is 0.00709. The number of imidazole rings is 1. The molecule has 1 aliphatic carbocycles. The minimum Gasteiger partial charge on any atom is -0.440 e. The van der Waals surface area contributed by atoms with E-state index in [1.54, 1.807) is 0 Å². The van der Waals surface area contributed by atoms with Gasteiger partial charge in [0, 0.05) is 42.3 Å². The van der Waals surface area contributed by atoms with Crippen molar-refractivity contribution >= 4 is 26.7 Å². The van der Waals surface area contributed by atoms with Gasteiger partial charge in [-0.25, -0.2) is 31.6 Å². The van der Waals surface area contributed by atoms with E-state index in [9.17, 15) is 35.5 Å². The standard InChI is InChI=1S/C29H23F6N3O4S/c1-14-36-26(29(33,34)35)12-38(14)24-7-4-16(17-9-22(31)21(13-39)25(10-17)43(3,40)41)8-20(24)27-28(42-15(2)37-27)19-6-5-18(30)11-23(19)32/h5-6,8-12,39H,4,7,13H2,1-3H3. The van der Waals surface area contributed by atoms with E-state index in [1.807, 2.05) is 0 Å². The van der Waals surface area contributed by atoms with E-state index in [0.717, 1.165) is 30.7 Å². The van der Waals surface area contributed by atoms with Crippen molar-refractivity contribution in [3.05, 3.63) is 94.3 Å². The Morgan fingerprint density at radius 3 is 2.35 bits per heavy atom. The van der Waals surface area contributed by atoms with Crippen LogP contribution in [0.1, 0.15) is 47.1 Å². The highest BCUT2D eigenvalue weighted by atomic mass is 32.2. The number of aliphatic hydroxyl groups is 1. The molecule has 0 fully saturated rings. The lowest BCUT2D eigenvalue weighted by Crippen LogP contribution is -2.09. The number of aryl methyl sites for hydroxylation is 2. The number of aliphatic hydroxyl groups excluding tert-OH is 1. The fraction of sp³-hybridized carbons (Fsp3) is 0.241. The van der Waals surface area contributed by atoms with Crippen LogP contribution in [0.4, 0.5) is 26.3 Å². The summed E-state index contributed by atoms with van der Waals surface area (Å²) >= 11 is 0. The molecule has 0 radical (unpaired) electrons. The van der Waals surface area contributed by atoms with Crippen molar-refractivity contribution in [2.45, 2.75) is 44.4 Å². The maximum Gasteiger partial charge on any atom is 0.434 e. The summed E-state index contributed by atoms with van der Waals surface area (Å²) in [5.74, 6) is -2.86. The second-order valence-corrected chi connectivity index (χ2v) is 12.0. The van der Waals surface area contributed by atoms with Gasteiger partial charge in [0.15, 0.2) is 27.2 Å². The molecule has 0 unspecified atom stereocenters. The van der Waals surface area contributed by atoms with Crippen LogP contribution in [0.5, 0.6) is 0 Å². The zero-order valence-electron chi connectivity index (χ0n) is 22.9. The maximum absolute atomic E-state index is 15.0. The molecule has 0 bridgehead atoms. The number of oxazole rings is 1. The quantitative estimate of drug-likeness (QED) is 0.239. The van der Waals surface area contributed by atoms with Gasteiger partial charge in [0.25, 0.3) is 0 Å². The third kappa shape index (κ3) is 5.76. The summed E-state index contributed by atoms with van der Waals surface area (Å²) in [6, 6.07) is 5.03. The highest BCUT2D eigenvalue weighted by Crippen LogP contribution is 2.43. The van der Waals surface area contributed by atoms with Crippen LogP contribution in [0.3, 0.4) is 0 Å².